The third-order valence-corrected chi connectivity index (χ3v) is 4.41. The largest absolute Gasteiger partial charge is 0.467 e. The number of hydrogen-bond donors (Lipinski definition) is 0. The average Bonchev–Trinajstić information content (AvgIpc) is 3.33. The molecule has 0 bridgehead atoms. The van der Waals surface area contributed by atoms with Crippen molar-refractivity contribution in [2.45, 2.75) is 13.0 Å². The van der Waals surface area contributed by atoms with Gasteiger partial charge < -0.3 is 14.2 Å². The van der Waals surface area contributed by atoms with Gasteiger partial charge in [-0.25, -0.2) is 4.79 Å². The van der Waals surface area contributed by atoms with Crippen LogP contribution >= 0.6 is 0 Å². The third kappa shape index (κ3) is 2.65. The number of amides is 3. The Morgan fingerprint density at radius 1 is 1.08 bits per heavy atom. The van der Waals surface area contributed by atoms with Crippen molar-refractivity contribution in [3.8, 4) is 0 Å². The summed E-state index contributed by atoms with van der Waals surface area (Å²) in [6, 6.07) is 9.68. The Hall–Kier alpha value is -3.42. The number of carbonyl (C=O) groups is 4. The topological polar surface area (TPSA) is 97.1 Å². The van der Waals surface area contributed by atoms with Gasteiger partial charge in [0.15, 0.2) is 0 Å². The molecule has 1 atom stereocenters. The van der Waals surface area contributed by atoms with Gasteiger partial charge in [-0.1, -0.05) is 17.2 Å². The third-order valence-electron chi connectivity index (χ3n) is 4.41. The second-order valence-electron chi connectivity index (χ2n) is 6.12. The molecule has 0 N–H and O–H groups in total. The SMILES string of the molecule is O=C(ON1C(=O)c2ccccc2C1=O)C1CC(=O)N(Cc2ccco2)C1. The van der Waals surface area contributed by atoms with E-state index in [-0.39, 0.29) is 36.5 Å². The van der Waals surface area contributed by atoms with Crippen LogP contribution in [-0.2, 0) is 21.0 Å². The van der Waals surface area contributed by atoms with Crippen molar-refractivity contribution in [3.05, 3.63) is 59.5 Å². The second kappa shape index (κ2) is 6.14. The molecule has 8 heteroatoms. The van der Waals surface area contributed by atoms with Crippen LogP contribution in [0.3, 0.4) is 0 Å². The summed E-state index contributed by atoms with van der Waals surface area (Å²) < 4.78 is 5.20. The Balaban J connectivity index is 1.42. The molecule has 1 saturated heterocycles. The maximum Gasteiger partial charge on any atom is 0.338 e. The number of hydrogen-bond acceptors (Lipinski definition) is 6. The Labute approximate surface area is 147 Å². The van der Waals surface area contributed by atoms with Crippen LogP contribution in [0.4, 0.5) is 0 Å². The predicted molar refractivity (Wildman–Crippen MR) is 85.3 cm³/mol. The molecule has 2 aliphatic rings. The zero-order chi connectivity index (χ0) is 18.3. The summed E-state index contributed by atoms with van der Waals surface area (Å²) in [7, 11) is 0. The van der Waals surface area contributed by atoms with E-state index < -0.39 is 23.7 Å². The van der Waals surface area contributed by atoms with Crippen LogP contribution in [0.2, 0.25) is 0 Å². The minimum absolute atomic E-state index is 0.0390. The van der Waals surface area contributed by atoms with Gasteiger partial charge in [0.1, 0.15) is 5.76 Å². The van der Waals surface area contributed by atoms with E-state index in [9.17, 15) is 19.2 Å². The van der Waals surface area contributed by atoms with Gasteiger partial charge in [0.25, 0.3) is 11.8 Å². The maximum absolute atomic E-state index is 12.4. The van der Waals surface area contributed by atoms with Crippen LogP contribution in [0.25, 0.3) is 0 Å². The molecule has 1 aromatic carbocycles. The van der Waals surface area contributed by atoms with Crippen molar-refractivity contribution in [1.29, 1.82) is 0 Å². The zero-order valence-corrected chi connectivity index (χ0v) is 13.6. The molecule has 26 heavy (non-hydrogen) atoms. The molecule has 132 valence electrons. The molecule has 1 fully saturated rings. The lowest BCUT2D eigenvalue weighted by Crippen LogP contribution is -2.35. The minimum atomic E-state index is -0.783. The summed E-state index contributed by atoms with van der Waals surface area (Å²) in [6.45, 7) is 0.393. The van der Waals surface area contributed by atoms with Crippen molar-refractivity contribution >= 4 is 23.7 Å². The van der Waals surface area contributed by atoms with Gasteiger partial charge in [-0.3, -0.25) is 14.4 Å². The van der Waals surface area contributed by atoms with E-state index in [1.165, 1.54) is 23.3 Å². The van der Waals surface area contributed by atoms with Crippen LogP contribution in [0, 0.1) is 5.92 Å². The summed E-state index contributed by atoms with van der Waals surface area (Å²) in [5, 5.41) is 0.465. The van der Waals surface area contributed by atoms with Crippen LogP contribution in [0.1, 0.15) is 32.9 Å². The molecule has 0 saturated carbocycles. The van der Waals surface area contributed by atoms with E-state index in [4.69, 9.17) is 9.25 Å². The van der Waals surface area contributed by atoms with Crippen LogP contribution in [-0.4, -0.2) is 40.2 Å². The highest BCUT2D eigenvalue weighted by Crippen LogP contribution is 2.26. The zero-order valence-electron chi connectivity index (χ0n) is 13.6. The first-order chi connectivity index (χ1) is 12.5. The van der Waals surface area contributed by atoms with Crippen molar-refractivity contribution in [2.24, 2.45) is 5.92 Å². The Kier molecular flexibility index (Phi) is 3.80. The molecular formula is C18H14N2O6. The Morgan fingerprint density at radius 2 is 1.77 bits per heavy atom. The molecular weight excluding hydrogens is 340 g/mol. The molecule has 4 rings (SSSR count). The Bertz CT molecular complexity index is 869. The van der Waals surface area contributed by atoms with Crippen molar-refractivity contribution in [3.63, 3.8) is 0 Å². The van der Waals surface area contributed by atoms with Crippen LogP contribution < -0.4 is 0 Å². The van der Waals surface area contributed by atoms with E-state index in [1.807, 2.05) is 0 Å². The van der Waals surface area contributed by atoms with Gasteiger partial charge in [-0.2, -0.15) is 0 Å². The monoisotopic (exact) mass is 354 g/mol. The number of likely N-dealkylation sites (tertiary alicyclic amines) is 1. The predicted octanol–water partition coefficient (Wildman–Crippen LogP) is 1.38. The molecule has 2 aromatic rings. The molecule has 0 spiro atoms. The Morgan fingerprint density at radius 3 is 2.38 bits per heavy atom. The van der Waals surface area contributed by atoms with Gasteiger partial charge >= 0.3 is 5.97 Å². The molecule has 3 amide bonds. The fourth-order valence-electron chi connectivity index (χ4n) is 3.09. The van der Waals surface area contributed by atoms with E-state index in [0.29, 0.717) is 10.8 Å². The summed E-state index contributed by atoms with van der Waals surface area (Å²) >= 11 is 0. The average molecular weight is 354 g/mol. The number of rotatable bonds is 4. The normalized spacial score (nSPS) is 19.2. The van der Waals surface area contributed by atoms with Crippen molar-refractivity contribution < 1.29 is 28.4 Å². The molecule has 8 nitrogen and oxygen atoms in total. The smallest absolute Gasteiger partial charge is 0.338 e. The van der Waals surface area contributed by atoms with Gasteiger partial charge in [0.05, 0.1) is 29.9 Å². The number of carbonyl (C=O) groups excluding carboxylic acids is 4. The van der Waals surface area contributed by atoms with E-state index >= 15 is 0 Å². The quantitative estimate of drug-likeness (QED) is 0.770. The number of hydroxylamine groups is 2. The first-order valence-electron chi connectivity index (χ1n) is 8.04. The van der Waals surface area contributed by atoms with E-state index in [0.717, 1.165) is 0 Å². The van der Waals surface area contributed by atoms with Crippen molar-refractivity contribution in [1.82, 2.24) is 9.96 Å². The first kappa shape index (κ1) is 16.1. The molecule has 0 radical (unpaired) electrons. The maximum atomic E-state index is 12.4. The first-order valence-corrected chi connectivity index (χ1v) is 8.04. The van der Waals surface area contributed by atoms with Crippen molar-refractivity contribution in [2.75, 3.05) is 6.54 Å². The highest BCUT2D eigenvalue weighted by molar-refractivity contribution is 6.20. The summed E-state index contributed by atoms with van der Waals surface area (Å²) in [5.74, 6) is -2.51. The van der Waals surface area contributed by atoms with Gasteiger partial charge in [-0.05, 0) is 24.3 Å². The minimum Gasteiger partial charge on any atom is -0.467 e. The highest BCUT2D eigenvalue weighted by atomic mass is 16.7. The second-order valence-corrected chi connectivity index (χ2v) is 6.12. The molecule has 3 heterocycles. The summed E-state index contributed by atoms with van der Waals surface area (Å²) in [6.07, 6.45) is 1.46. The lowest BCUT2D eigenvalue weighted by Gasteiger charge is -2.16. The standard InChI is InChI=1S/C18H14N2O6/c21-15-8-11(9-19(15)10-12-4-3-7-25-12)18(24)26-20-16(22)13-5-1-2-6-14(13)17(20)23/h1-7,11H,8-10H2. The number of nitrogens with zero attached hydrogens (tertiary/aromatic N) is 2. The molecule has 1 unspecified atom stereocenters. The van der Waals surface area contributed by atoms with Gasteiger partial charge in [-0.15, -0.1) is 0 Å². The lowest BCUT2D eigenvalue weighted by atomic mass is 10.1. The molecule has 1 aromatic heterocycles. The van der Waals surface area contributed by atoms with Gasteiger partial charge in [0, 0.05) is 13.0 Å². The van der Waals surface area contributed by atoms with Crippen LogP contribution in [0.15, 0.2) is 47.1 Å². The molecule has 0 aliphatic carbocycles. The highest BCUT2D eigenvalue weighted by Gasteiger charge is 2.42. The number of furan rings is 1. The number of fused-ring (bicyclic) bond motifs is 1. The summed E-state index contributed by atoms with van der Waals surface area (Å²) in [4.78, 5) is 55.4. The fourth-order valence-corrected chi connectivity index (χ4v) is 3.09. The lowest BCUT2D eigenvalue weighted by molar-refractivity contribution is -0.173. The number of imide groups is 1. The van der Waals surface area contributed by atoms with Crippen LogP contribution in [0.5, 0.6) is 0 Å². The fraction of sp³-hybridized carbons (Fsp3) is 0.222. The van der Waals surface area contributed by atoms with E-state index in [1.54, 1.807) is 24.3 Å². The van der Waals surface area contributed by atoms with Gasteiger partial charge in [0.2, 0.25) is 5.91 Å². The van der Waals surface area contributed by atoms with E-state index in [2.05, 4.69) is 0 Å². The number of benzene rings is 1. The molecule has 2 aliphatic heterocycles. The summed E-state index contributed by atoms with van der Waals surface area (Å²) in [5.41, 5.74) is 0.375.